The Balaban J connectivity index is 1.71. The lowest BCUT2D eigenvalue weighted by Crippen LogP contribution is -2.16. The van der Waals surface area contributed by atoms with Gasteiger partial charge in [0.2, 0.25) is 0 Å². The maximum absolute atomic E-state index is 13.7. The molecule has 178 valence electrons. The molecular formula is C30H30N2O3. The van der Waals surface area contributed by atoms with Crippen molar-refractivity contribution in [2.24, 2.45) is 0 Å². The molecule has 0 fully saturated rings. The van der Waals surface area contributed by atoms with Gasteiger partial charge in [-0.1, -0.05) is 55.5 Å². The summed E-state index contributed by atoms with van der Waals surface area (Å²) in [6.45, 7) is 3.38. The van der Waals surface area contributed by atoms with Crippen molar-refractivity contribution in [3.05, 3.63) is 102 Å². The molecular weight excluding hydrogens is 436 g/mol. The number of amides is 1. The number of fused-ring (bicyclic) bond motifs is 1. The molecule has 5 nitrogen and oxygen atoms in total. The molecule has 0 saturated heterocycles. The highest BCUT2D eigenvalue weighted by atomic mass is 16.5. The molecule has 1 amide bonds. The largest absolute Gasteiger partial charge is 0.508 e. The molecule has 4 aromatic carbocycles. The molecule has 0 aliphatic rings. The van der Waals surface area contributed by atoms with E-state index >= 15 is 0 Å². The standard InChI is InChI=1S/C30H30N2O3/c1-3-28(24-9-8-21-6-4-5-7-23(21)20-24)29(22-10-14-26(33)15-11-22)30(34)32-25-12-16-27(17-13-25)35-19-18-31-2/h4-17,20,31,33H,3,18-19H2,1-2H3,(H,32,34)/b29-28+. The van der Waals surface area contributed by atoms with Crippen molar-refractivity contribution in [2.75, 3.05) is 25.5 Å². The lowest BCUT2D eigenvalue weighted by atomic mass is 9.91. The molecule has 5 heteroatoms. The minimum atomic E-state index is -0.204. The number of phenols is 1. The Kier molecular flexibility index (Phi) is 7.81. The van der Waals surface area contributed by atoms with Crippen molar-refractivity contribution in [3.8, 4) is 11.5 Å². The van der Waals surface area contributed by atoms with Crippen molar-refractivity contribution in [3.63, 3.8) is 0 Å². The van der Waals surface area contributed by atoms with Crippen molar-refractivity contribution in [1.29, 1.82) is 0 Å². The molecule has 0 aromatic heterocycles. The number of likely N-dealkylation sites (N-methyl/N-ethyl adjacent to an activating group) is 1. The smallest absolute Gasteiger partial charge is 0.256 e. The molecule has 0 aliphatic heterocycles. The van der Waals surface area contributed by atoms with E-state index in [1.165, 1.54) is 0 Å². The van der Waals surface area contributed by atoms with Gasteiger partial charge in [0.1, 0.15) is 18.1 Å². The molecule has 3 N–H and O–H groups in total. The maximum atomic E-state index is 13.7. The number of phenolic OH excluding ortho intramolecular Hbond substituents is 1. The molecule has 0 atom stereocenters. The number of hydrogen-bond donors (Lipinski definition) is 3. The Bertz CT molecular complexity index is 1330. The summed E-state index contributed by atoms with van der Waals surface area (Å²) < 4.78 is 5.67. The number of rotatable bonds is 9. The van der Waals surface area contributed by atoms with Crippen LogP contribution in [0.25, 0.3) is 21.9 Å². The van der Waals surface area contributed by atoms with Gasteiger partial charge in [-0.2, -0.15) is 0 Å². The first-order valence-corrected chi connectivity index (χ1v) is 11.8. The van der Waals surface area contributed by atoms with Gasteiger partial charge in [0.15, 0.2) is 0 Å². The Hall–Kier alpha value is -4.09. The van der Waals surface area contributed by atoms with Crippen molar-refractivity contribution >= 4 is 33.5 Å². The maximum Gasteiger partial charge on any atom is 0.256 e. The van der Waals surface area contributed by atoms with E-state index in [4.69, 9.17) is 4.74 Å². The first-order valence-electron chi connectivity index (χ1n) is 11.8. The molecule has 35 heavy (non-hydrogen) atoms. The SMILES string of the molecule is CC/C(=C(\C(=O)Nc1ccc(OCCNC)cc1)c1ccc(O)cc1)c1ccc2ccccc2c1. The highest BCUT2D eigenvalue weighted by Crippen LogP contribution is 2.33. The zero-order valence-electron chi connectivity index (χ0n) is 20.0. The summed E-state index contributed by atoms with van der Waals surface area (Å²) in [5.74, 6) is 0.702. The number of allylic oxidation sites excluding steroid dienone is 1. The van der Waals surface area contributed by atoms with Gasteiger partial charge >= 0.3 is 0 Å². The predicted molar refractivity (Wildman–Crippen MR) is 144 cm³/mol. The third-order valence-corrected chi connectivity index (χ3v) is 5.87. The fourth-order valence-corrected chi connectivity index (χ4v) is 4.07. The van der Waals surface area contributed by atoms with Crippen LogP contribution < -0.4 is 15.4 Å². The van der Waals surface area contributed by atoms with E-state index < -0.39 is 0 Å². The van der Waals surface area contributed by atoms with Crippen LogP contribution in [-0.2, 0) is 4.79 Å². The van der Waals surface area contributed by atoms with Crippen LogP contribution in [0.3, 0.4) is 0 Å². The fraction of sp³-hybridized carbons (Fsp3) is 0.167. The zero-order valence-corrected chi connectivity index (χ0v) is 20.0. The number of nitrogens with one attached hydrogen (secondary N) is 2. The first-order chi connectivity index (χ1) is 17.1. The van der Waals surface area contributed by atoms with Crippen LogP contribution in [0.4, 0.5) is 5.69 Å². The van der Waals surface area contributed by atoms with Crippen molar-refractivity contribution in [1.82, 2.24) is 5.32 Å². The molecule has 4 rings (SSSR count). The van der Waals surface area contributed by atoms with Crippen LogP contribution in [0.15, 0.2) is 91.0 Å². The van der Waals surface area contributed by atoms with Crippen LogP contribution in [0.1, 0.15) is 24.5 Å². The number of carbonyl (C=O) groups is 1. The first kappa shape index (κ1) is 24.0. The van der Waals surface area contributed by atoms with E-state index in [0.717, 1.165) is 39.8 Å². The fourth-order valence-electron chi connectivity index (χ4n) is 4.07. The Morgan fingerprint density at radius 3 is 2.23 bits per heavy atom. The Morgan fingerprint density at radius 1 is 0.857 bits per heavy atom. The van der Waals surface area contributed by atoms with E-state index in [9.17, 15) is 9.90 Å². The van der Waals surface area contributed by atoms with Gasteiger partial charge in [-0.25, -0.2) is 0 Å². The number of ether oxygens (including phenoxy) is 1. The summed E-state index contributed by atoms with van der Waals surface area (Å²) in [6, 6.07) is 28.6. The van der Waals surface area contributed by atoms with Crippen LogP contribution in [0.5, 0.6) is 11.5 Å². The summed E-state index contributed by atoms with van der Waals surface area (Å²) in [5.41, 5.74) is 3.94. The van der Waals surface area contributed by atoms with E-state index in [2.05, 4.69) is 47.9 Å². The van der Waals surface area contributed by atoms with Gasteiger partial charge in [0, 0.05) is 12.2 Å². The average molecular weight is 467 g/mol. The van der Waals surface area contributed by atoms with Gasteiger partial charge in [0.05, 0.1) is 5.57 Å². The lowest BCUT2D eigenvalue weighted by molar-refractivity contribution is -0.111. The zero-order chi connectivity index (χ0) is 24.6. The highest BCUT2D eigenvalue weighted by molar-refractivity contribution is 6.31. The van der Waals surface area contributed by atoms with Gasteiger partial charge in [-0.3, -0.25) is 4.79 Å². The van der Waals surface area contributed by atoms with Gasteiger partial charge in [-0.15, -0.1) is 0 Å². The Morgan fingerprint density at radius 2 is 1.54 bits per heavy atom. The van der Waals surface area contributed by atoms with Crippen LogP contribution >= 0.6 is 0 Å². The Labute approximate surface area is 206 Å². The number of aromatic hydroxyl groups is 1. The normalized spacial score (nSPS) is 11.7. The highest BCUT2D eigenvalue weighted by Gasteiger charge is 2.19. The van der Waals surface area contributed by atoms with Gasteiger partial charge in [-0.05, 0) is 83.4 Å². The monoisotopic (exact) mass is 466 g/mol. The van der Waals surface area contributed by atoms with Crippen LogP contribution in [0.2, 0.25) is 0 Å². The molecule has 0 spiro atoms. The molecule has 0 saturated carbocycles. The summed E-state index contributed by atoms with van der Waals surface area (Å²) >= 11 is 0. The molecule has 0 bridgehead atoms. The van der Waals surface area contributed by atoms with Crippen molar-refractivity contribution in [2.45, 2.75) is 13.3 Å². The number of hydrogen-bond acceptors (Lipinski definition) is 4. The predicted octanol–water partition coefficient (Wildman–Crippen LogP) is 6.10. The summed E-state index contributed by atoms with van der Waals surface area (Å²) in [6.07, 6.45) is 0.667. The molecule has 0 aliphatic carbocycles. The van der Waals surface area contributed by atoms with Crippen LogP contribution in [0, 0.1) is 0 Å². The third kappa shape index (κ3) is 5.89. The van der Waals surface area contributed by atoms with E-state index in [0.29, 0.717) is 24.3 Å². The summed E-state index contributed by atoms with van der Waals surface area (Å²) in [7, 11) is 1.88. The second-order valence-corrected chi connectivity index (χ2v) is 8.25. The van der Waals surface area contributed by atoms with E-state index in [-0.39, 0.29) is 11.7 Å². The molecule has 4 aromatic rings. The second kappa shape index (κ2) is 11.4. The molecule has 0 radical (unpaired) electrons. The second-order valence-electron chi connectivity index (χ2n) is 8.25. The quantitative estimate of drug-likeness (QED) is 0.158. The van der Waals surface area contributed by atoms with E-state index in [1.807, 2.05) is 43.4 Å². The van der Waals surface area contributed by atoms with Gasteiger partial charge < -0.3 is 20.5 Å². The average Bonchev–Trinajstić information content (AvgIpc) is 2.89. The van der Waals surface area contributed by atoms with Gasteiger partial charge in [0.25, 0.3) is 5.91 Å². The molecule has 0 unspecified atom stereocenters. The van der Waals surface area contributed by atoms with Crippen LogP contribution in [-0.4, -0.2) is 31.2 Å². The van der Waals surface area contributed by atoms with E-state index in [1.54, 1.807) is 24.3 Å². The number of anilines is 1. The number of carbonyl (C=O) groups excluding carboxylic acids is 1. The minimum Gasteiger partial charge on any atom is -0.508 e. The number of benzene rings is 4. The minimum absolute atomic E-state index is 0.158. The summed E-state index contributed by atoms with van der Waals surface area (Å²) in [4.78, 5) is 13.7. The van der Waals surface area contributed by atoms with Crippen molar-refractivity contribution < 1.29 is 14.6 Å². The summed E-state index contributed by atoms with van der Waals surface area (Å²) in [5, 5.41) is 18.2. The lowest BCUT2D eigenvalue weighted by Gasteiger charge is -2.16. The third-order valence-electron chi connectivity index (χ3n) is 5.87. The topological polar surface area (TPSA) is 70.6 Å². The molecule has 0 heterocycles.